The maximum atomic E-state index is 11.0. The largest absolute Gasteiger partial charge is 0.417 e. The predicted octanol–water partition coefficient (Wildman–Crippen LogP) is 4.04. The molecule has 0 fully saturated rings. The number of nitrogens with zero attached hydrogens (tertiary/aromatic N) is 4. The molecule has 0 radical (unpaired) electrons. The van der Waals surface area contributed by atoms with Gasteiger partial charge in [-0.3, -0.25) is 25.3 Å². The van der Waals surface area contributed by atoms with Gasteiger partial charge in [-0.05, 0) is 53.6 Å². The highest BCUT2D eigenvalue weighted by Crippen LogP contribution is 2.13. The fourth-order valence-electron chi connectivity index (χ4n) is 3.32. The molecule has 1 aromatic rings. The van der Waals surface area contributed by atoms with Crippen molar-refractivity contribution in [2.75, 3.05) is 11.5 Å². The number of rotatable bonds is 8. The van der Waals surface area contributed by atoms with Crippen molar-refractivity contribution in [2.45, 2.75) is 6.42 Å². The summed E-state index contributed by atoms with van der Waals surface area (Å²) in [7, 11) is 0. The average Bonchev–Trinajstić information content (AvgIpc) is 2.94. The Morgan fingerprint density at radius 2 is 1.53 bits per heavy atom. The van der Waals surface area contributed by atoms with Crippen LogP contribution in [0.15, 0.2) is 117 Å². The monoisotopic (exact) mass is 542 g/mol. The van der Waals surface area contributed by atoms with E-state index in [9.17, 15) is 15.3 Å². The van der Waals surface area contributed by atoms with Crippen molar-refractivity contribution in [1.29, 1.82) is 0 Å². The zero-order chi connectivity index (χ0) is 26.7. The molecule has 0 heterocycles. The Kier molecular flexibility index (Phi) is 9.12. The summed E-state index contributed by atoms with van der Waals surface area (Å²) in [6, 6.07) is 6.26. The van der Waals surface area contributed by atoms with Gasteiger partial charge < -0.3 is 5.21 Å². The van der Waals surface area contributed by atoms with Gasteiger partial charge in [-0.15, -0.1) is 11.5 Å². The Hall–Kier alpha value is -4.59. The zero-order valence-electron chi connectivity index (χ0n) is 20.1. The molecule has 0 unspecified atom stereocenters. The third-order valence-corrected chi connectivity index (χ3v) is 7.63. The summed E-state index contributed by atoms with van der Waals surface area (Å²) in [5.74, 6) is 1.67. The Balaban J connectivity index is 1.37. The van der Waals surface area contributed by atoms with Crippen molar-refractivity contribution in [1.82, 2.24) is 0 Å². The molecule has 0 saturated heterocycles. The molecular weight excluding hydrogens is 520 g/mol. The van der Waals surface area contributed by atoms with Crippen LogP contribution in [0.25, 0.3) is 0 Å². The lowest BCUT2D eigenvalue weighted by Crippen LogP contribution is -2.11. The van der Waals surface area contributed by atoms with Crippen LogP contribution in [0.5, 0.6) is 0 Å². The normalized spacial score (nSPS) is 19.9. The molecule has 1 aromatic carbocycles. The first kappa shape index (κ1) is 26.5. The van der Waals surface area contributed by atoms with Gasteiger partial charge in [0, 0.05) is 47.7 Å². The number of hydrogen-bond donors (Lipinski definition) is 1. The molecule has 10 heteroatoms. The molecule has 1 N–H and O–H groups in total. The first-order valence-electron chi connectivity index (χ1n) is 11.5. The molecule has 3 aliphatic rings. The topological polar surface area (TPSA) is 114 Å². The average molecular weight is 543 g/mol. The SMILES string of the molecule is O=[N+]([O-])c1ccc(C=NC2=CC=C=CC2=[S+]CC[S+]=C2C=C=CC=C2N=CC2=CCC(=[N+]([O-])O)C=C2)cc1. The van der Waals surface area contributed by atoms with Crippen LogP contribution in [-0.4, -0.2) is 54.4 Å². The molecule has 8 nitrogen and oxygen atoms in total. The molecule has 0 spiro atoms. The second-order valence-corrected chi connectivity index (χ2v) is 10.1. The number of aliphatic imine (C=N–C) groups is 2. The Morgan fingerprint density at radius 3 is 2.05 bits per heavy atom. The fourth-order valence-corrected chi connectivity index (χ4v) is 5.27. The number of benzene rings is 1. The van der Waals surface area contributed by atoms with Crippen molar-refractivity contribution in [3.63, 3.8) is 0 Å². The van der Waals surface area contributed by atoms with E-state index >= 15 is 0 Å². The molecule has 3 aliphatic carbocycles. The van der Waals surface area contributed by atoms with E-state index in [1.54, 1.807) is 59.4 Å². The maximum absolute atomic E-state index is 11.0. The lowest BCUT2D eigenvalue weighted by atomic mass is 10.1. The number of allylic oxidation sites excluding steroid dienone is 8. The minimum Gasteiger partial charge on any atom is -0.417 e. The molecule has 0 bridgehead atoms. The van der Waals surface area contributed by atoms with Crippen LogP contribution in [0.4, 0.5) is 5.69 Å². The minimum absolute atomic E-state index is 0.0464. The molecule has 0 amide bonds. The van der Waals surface area contributed by atoms with E-state index in [0.717, 1.165) is 43.8 Å². The van der Waals surface area contributed by atoms with Crippen LogP contribution in [0.2, 0.25) is 0 Å². The van der Waals surface area contributed by atoms with Gasteiger partial charge in [0.15, 0.2) is 22.7 Å². The van der Waals surface area contributed by atoms with Gasteiger partial charge in [0.05, 0.1) is 11.3 Å². The highest BCUT2D eigenvalue weighted by Gasteiger charge is 2.19. The quantitative estimate of drug-likeness (QED) is 0.0615. The van der Waals surface area contributed by atoms with Gasteiger partial charge >= 0.3 is 0 Å². The highest BCUT2D eigenvalue weighted by atomic mass is 32.1. The molecule has 4 rings (SSSR count). The van der Waals surface area contributed by atoms with Gasteiger partial charge in [0.1, 0.15) is 11.4 Å². The van der Waals surface area contributed by atoms with Crippen molar-refractivity contribution in [2.24, 2.45) is 9.98 Å². The summed E-state index contributed by atoms with van der Waals surface area (Å²) in [4.78, 5) is 21.5. The lowest BCUT2D eigenvalue weighted by molar-refractivity contribution is -0.726. The molecular formula is C28H22N4O4S2+2. The molecule has 0 aliphatic heterocycles. The molecule has 188 valence electrons. The van der Waals surface area contributed by atoms with Crippen LogP contribution < -0.4 is 0 Å². The summed E-state index contributed by atoms with van der Waals surface area (Å²) in [6.07, 6.45) is 20.2. The molecule has 0 aromatic heterocycles. The van der Waals surface area contributed by atoms with E-state index in [1.807, 2.05) is 42.5 Å². The van der Waals surface area contributed by atoms with Gasteiger partial charge in [-0.2, -0.15) is 0 Å². The number of non-ortho nitro benzene ring substituents is 1. The Labute approximate surface area is 227 Å². The lowest BCUT2D eigenvalue weighted by Gasteiger charge is -2.02. The van der Waals surface area contributed by atoms with Gasteiger partial charge in [0.2, 0.25) is 17.2 Å². The Bertz CT molecular complexity index is 1530. The van der Waals surface area contributed by atoms with E-state index < -0.39 is 4.92 Å². The van der Waals surface area contributed by atoms with E-state index in [4.69, 9.17) is 5.21 Å². The van der Waals surface area contributed by atoms with Gasteiger partial charge in [0.25, 0.3) is 15.4 Å². The second-order valence-electron chi connectivity index (χ2n) is 7.86. The van der Waals surface area contributed by atoms with Crippen molar-refractivity contribution >= 4 is 56.3 Å². The summed E-state index contributed by atoms with van der Waals surface area (Å²) >= 11 is 3.36. The van der Waals surface area contributed by atoms with Crippen molar-refractivity contribution in [3.05, 3.63) is 128 Å². The second kappa shape index (κ2) is 13.1. The van der Waals surface area contributed by atoms with Crippen LogP contribution >= 0.6 is 0 Å². The van der Waals surface area contributed by atoms with Gasteiger partial charge in [-0.1, -0.05) is 6.08 Å². The Morgan fingerprint density at radius 1 is 0.921 bits per heavy atom. The first-order chi connectivity index (χ1) is 18.5. The maximum Gasteiger partial charge on any atom is 0.269 e. The fraction of sp³-hybridized carbons (Fsp3) is 0.107. The standard InChI is InChI=1S/C28H22N4O4S2/c33-31(34)23-13-9-21(10-14-23)19-29-25-5-1-3-7-27(25)37-17-18-38-28-8-4-2-6-26(28)30-20-22-11-15-24(16-12-22)32(35)36/h1-2,5-15,19-20H,16-18H2,(H,35,36)/q+2. The van der Waals surface area contributed by atoms with Crippen LogP contribution in [0.3, 0.4) is 0 Å². The molecule has 38 heavy (non-hydrogen) atoms. The zero-order valence-corrected chi connectivity index (χ0v) is 21.7. The predicted molar refractivity (Wildman–Crippen MR) is 157 cm³/mol. The molecule has 0 saturated carbocycles. The number of nitro groups is 1. The van der Waals surface area contributed by atoms with E-state index in [1.165, 1.54) is 12.1 Å². The summed E-state index contributed by atoms with van der Waals surface area (Å²) in [5, 5.41) is 30.8. The minimum atomic E-state index is -0.425. The summed E-state index contributed by atoms with van der Waals surface area (Å²) in [5.41, 5.74) is 9.81. The van der Waals surface area contributed by atoms with E-state index in [0.29, 0.717) is 6.42 Å². The first-order valence-corrected chi connectivity index (χ1v) is 13.5. The van der Waals surface area contributed by atoms with Crippen molar-refractivity contribution in [3.8, 4) is 0 Å². The highest BCUT2D eigenvalue weighted by molar-refractivity contribution is 7.83. The van der Waals surface area contributed by atoms with Crippen LogP contribution in [0.1, 0.15) is 12.0 Å². The van der Waals surface area contributed by atoms with Crippen molar-refractivity contribution < 1.29 is 15.0 Å². The van der Waals surface area contributed by atoms with Gasteiger partial charge in [-0.25, -0.2) is 0 Å². The van der Waals surface area contributed by atoms with E-state index in [2.05, 4.69) is 21.4 Å². The van der Waals surface area contributed by atoms with Crippen LogP contribution in [-0.2, 0) is 22.7 Å². The third-order valence-electron chi connectivity index (χ3n) is 5.28. The van der Waals surface area contributed by atoms with Crippen LogP contribution in [0, 0.1) is 15.3 Å². The summed E-state index contributed by atoms with van der Waals surface area (Å²) in [6.45, 7) is 0. The van der Waals surface area contributed by atoms with E-state index in [-0.39, 0.29) is 16.3 Å². The molecule has 0 atom stereocenters. The number of nitro benzene ring substituents is 1. The summed E-state index contributed by atoms with van der Waals surface area (Å²) < 4.78 is 0. The number of hydrogen-bond acceptors (Lipinski definition) is 6. The smallest absolute Gasteiger partial charge is 0.269 e. The third kappa shape index (κ3) is 7.46.